The molecule has 1 amide bonds. The summed E-state index contributed by atoms with van der Waals surface area (Å²) in [6.07, 6.45) is 5.37. The smallest absolute Gasteiger partial charge is 0.241 e. The summed E-state index contributed by atoms with van der Waals surface area (Å²) < 4.78 is 0. The van der Waals surface area contributed by atoms with Crippen LogP contribution < -0.4 is 11.1 Å². The predicted octanol–water partition coefficient (Wildman–Crippen LogP) is 4.06. The largest absolute Gasteiger partial charge is 0.325 e. The van der Waals surface area contributed by atoms with Crippen LogP contribution in [-0.2, 0) is 4.79 Å². The molecule has 1 unspecified atom stereocenters. The molecule has 1 aliphatic carbocycles. The van der Waals surface area contributed by atoms with E-state index in [0.717, 1.165) is 10.9 Å². The van der Waals surface area contributed by atoms with E-state index in [1.165, 1.54) is 30.6 Å². The molecule has 1 fully saturated rings. The average Bonchev–Trinajstić information content (AvgIpc) is 2.92. The van der Waals surface area contributed by atoms with Crippen molar-refractivity contribution in [2.45, 2.75) is 55.7 Å². The van der Waals surface area contributed by atoms with E-state index in [1.807, 2.05) is 37.7 Å². The summed E-state index contributed by atoms with van der Waals surface area (Å²) in [4.78, 5) is 13.2. The van der Waals surface area contributed by atoms with E-state index in [9.17, 15) is 4.79 Å². The molecular weight excluding hydrogens is 304 g/mol. The molecule has 0 aromatic heterocycles. The van der Waals surface area contributed by atoms with Gasteiger partial charge in [-0.1, -0.05) is 26.7 Å². The van der Waals surface area contributed by atoms with Crippen LogP contribution in [0.3, 0.4) is 0 Å². The maximum absolute atomic E-state index is 11.9. The highest BCUT2D eigenvalue weighted by Crippen LogP contribution is 2.34. The Morgan fingerprint density at radius 2 is 1.81 bits per heavy atom. The van der Waals surface area contributed by atoms with Crippen molar-refractivity contribution in [3.63, 3.8) is 0 Å². The molecule has 3 N–H and O–H groups in total. The normalized spacial score (nSPS) is 16.6. The Labute approximate surface area is 137 Å². The van der Waals surface area contributed by atoms with Crippen LogP contribution in [0.1, 0.15) is 39.5 Å². The second kappa shape index (κ2) is 8.66. The highest BCUT2D eigenvalue weighted by Gasteiger charge is 2.18. The molecule has 2 rings (SSSR count). The maximum atomic E-state index is 11.9. The van der Waals surface area contributed by atoms with Gasteiger partial charge in [0, 0.05) is 15.8 Å². The van der Waals surface area contributed by atoms with Gasteiger partial charge in [0.15, 0.2) is 0 Å². The van der Waals surface area contributed by atoms with E-state index in [0.29, 0.717) is 0 Å². The number of halogens is 1. The fourth-order valence-corrected chi connectivity index (χ4v) is 3.59. The summed E-state index contributed by atoms with van der Waals surface area (Å²) in [5, 5.41) is 3.64. The van der Waals surface area contributed by atoms with Gasteiger partial charge in [-0.15, -0.1) is 24.2 Å². The molecule has 0 radical (unpaired) electrons. The number of thioether (sulfide) groups is 1. The highest BCUT2D eigenvalue weighted by atomic mass is 35.5. The predicted molar refractivity (Wildman–Crippen MR) is 93.2 cm³/mol. The number of benzene rings is 1. The Morgan fingerprint density at radius 3 is 2.33 bits per heavy atom. The third-order valence-corrected chi connectivity index (χ3v) is 5.10. The monoisotopic (exact) mass is 328 g/mol. The molecule has 1 saturated carbocycles. The number of hydrogen-bond donors (Lipinski definition) is 2. The van der Waals surface area contributed by atoms with E-state index < -0.39 is 6.04 Å². The first-order valence-electron chi connectivity index (χ1n) is 7.39. The third kappa shape index (κ3) is 5.53. The van der Waals surface area contributed by atoms with Crippen LogP contribution in [-0.4, -0.2) is 17.2 Å². The summed E-state index contributed by atoms with van der Waals surface area (Å²) >= 11 is 1.95. The van der Waals surface area contributed by atoms with Gasteiger partial charge in [-0.05, 0) is 43.0 Å². The topological polar surface area (TPSA) is 55.1 Å². The van der Waals surface area contributed by atoms with Gasteiger partial charge >= 0.3 is 0 Å². The third-order valence-electron chi connectivity index (χ3n) is 3.75. The number of rotatable bonds is 5. The van der Waals surface area contributed by atoms with Crippen LogP contribution in [0.15, 0.2) is 29.2 Å². The van der Waals surface area contributed by atoms with Crippen LogP contribution in [0, 0.1) is 5.92 Å². The van der Waals surface area contributed by atoms with E-state index in [4.69, 9.17) is 5.73 Å². The van der Waals surface area contributed by atoms with Gasteiger partial charge in [0.05, 0.1) is 6.04 Å². The molecule has 1 aromatic rings. The number of amides is 1. The zero-order chi connectivity index (χ0) is 14.5. The summed E-state index contributed by atoms with van der Waals surface area (Å²) in [5.74, 6) is 0.0309. The van der Waals surface area contributed by atoms with E-state index in [-0.39, 0.29) is 24.2 Å². The molecule has 1 atom stereocenters. The molecule has 0 aliphatic heterocycles. The zero-order valence-electron chi connectivity index (χ0n) is 12.7. The first-order valence-corrected chi connectivity index (χ1v) is 8.27. The van der Waals surface area contributed by atoms with Crippen molar-refractivity contribution in [2.75, 3.05) is 5.32 Å². The molecule has 21 heavy (non-hydrogen) atoms. The van der Waals surface area contributed by atoms with Gasteiger partial charge in [-0.3, -0.25) is 4.79 Å². The molecule has 0 bridgehead atoms. The number of hydrogen-bond acceptors (Lipinski definition) is 3. The minimum absolute atomic E-state index is 0. The highest BCUT2D eigenvalue weighted by molar-refractivity contribution is 8.00. The first kappa shape index (κ1) is 18.3. The van der Waals surface area contributed by atoms with Crippen molar-refractivity contribution in [3.05, 3.63) is 24.3 Å². The summed E-state index contributed by atoms with van der Waals surface area (Å²) in [7, 11) is 0. The lowest BCUT2D eigenvalue weighted by Crippen LogP contribution is -2.39. The molecule has 5 heteroatoms. The Balaban J connectivity index is 0.00000220. The minimum atomic E-state index is -0.456. The molecule has 0 saturated heterocycles. The second-order valence-corrected chi connectivity index (χ2v) is 7.18. The van der Waals surface area contributed by atoms with E-state index in [2.05, 4.69) is 17.4 Å². The van der Waals surface area contributed by atoms with Crippen LogP contribution >= 0.6 is 24.2 Å². The summed E-state index contributed by atoms with van der Waals surface area (Å²) in [6, 6.07) is 7.63. The fourth-order valence-electron chi connectivity index (χ4n) is 2.34. The van der Waals surface area contributed by atoms with Crippen molar-refractivity contribution in [1.82, 2.24) is 0 Å². The minimum Gasteiger partial charge on any atom is -0.325 e. The SMILES string of the molecule is CC(C)C(N)C(=O)Nc1ccc(SC2CCCC2)cc1.Cl. The maximum Gasteiger partial charge on any atom is 0.241 e. The van der Waals surface area contributed by atoms with Crippen molar-refractivity contribution < 1.29 is 4.79 Å². The average molecular weight is 329 g/mol. The summed E-state index contributed by atoms with van der Waals surface area (Å²) in [6.45, 7) is 3.90. The number of nitrogens with two attached hydrogens (primary N) is 1. The van der Waals surface area contributed by atoms with Crippen molar-refractivity contribution in [1.29, 1.82) is 0 Å². The molecular formula is C16H25ClN2OS. The Hall–Kier alpha value is -0.710. The van der Waals surface area contributed by atoms with Crippen LogP contribution in [0.5, 0.6) is 0 Å². The Morgan fingerprint density at radius 1 is 1.24 bits per heavy atom. The lowest BCUT2D eigenvalue weighted by molar-refractivity contribution is -0.118. The molecule has 3 nitrogen and oxygen atoms in total. The first-order chi connectivity index (χ1) is 9.56. The standard InChI is InChI=1S/C16H24N2OS.ClH/c1-11(2)15(17)16(19)18-12-7-9-14(10-8-12)20-13-5-3-4-6-13;/h7-11,13,15H,3-6,17H2,1-2H3,(H,18,19);1H. The van der Waals surface area contributed by atoms with Crippen LogP contribution in [0.4, 0.5) is 5.69 Å². The van der Waals surface area contributed by atoms with Gasteiger partial charge < -0.3 is 11.1 Å². The quantitative estimate of drug-likeness (QED) is 0.856. The van der Waals surface area contributed by atoms with Crippen molar-refractivity contribution in [3.8, 4) is 0 Å². The Kier molecular flexibility index (Phi) is 7.57. The van der Waals surface area contributed by atoms with Crippen molar-refractivity contribution >= 4 is 35.8 Å². The van der Waals surface area contributed by atoms with Crippen LogP contribution in [0.2, 0.25) is 0 Å². The molecule has 1 aliphatic rings. The molecule has 0 spiro atoms. The number of carbonyl (C=O) groups is 1. The van der Waals surface area contributed by atoms with Gasteiger partial charge in [0.1, 0.15) is 0 Å². The molecule has 1 aromatic carbocycles. The van der Waals surface area contributed by atoms with Gasteiger partial charge in [-0.2, -0.15) is 0 Å². The number of carbonyl (C=O) groups excluding carboxylic acids is 1. The van der Waals surface area contributed by atoms with Crippen LogP contribution in [0.25, 0.3) is 0 Å². The van der Waals surface area contributed by atoms with Gasteiger partial charge in [0.2, 0.25) is 5.91 Å². The molecule has 118 valence electrons. The number of nitrogens with one attached hydrogen (secondary N) is 1. The molecule has 0 heterocycles. The lowest BCUT2D eigenvalue weighted by Gasteiger charge is -2.15. The van der Waals surface area contributed by atoms with E-state index >= 15 is 0 Å². The zero-order valence-corrected chi connectivity index (χ0v) is 14.3. The van der Waals surface area contributed by atoms with Gasteiger partial charge in [0.25, 0.3) is 0 Å². The number of anilines is 1. The van der Waals surface area contributed by atoms with E-state index in [1.54, 1.807) is 0 Å². The second-order valence-electron chi connectivity index (χ2n) is 5.81. The van der Waals surface area contributed by atoms with Crippen molar-refractivity contribution in [2.24, 2.45) is 11.7 Å². The fraction of sp³-hybridized carbons (Fsp3) is 0.562. The lowest BCUT2D eigenvalue weighted by atomic mass is 10.1. The Bertz CT molecular complexity index is 444. The summed E-state index contributed by atoms with van der Waals surface area (Å²) in [5.41, 5.74) is 6.65. The van der Waals surface area contributed by atoms with Gasteiger partial charge in [-0.25, -0.2) is 0 Å².